The summed E-state index contributed by atoms with van der Waals surface area (Å²) < 4.78 is 12.8. The fraction of sp³-hybridized carbons (Fsp3) is 0.0526. The summed E-state index contributed by atoms with van der Waals surface area (Å²) in [7, 11) is 0. The number of benzene rings is 1. The molecule has 4 aromatic rings. The average Bonchev–Trinajstić information content (AvgIpc) is 3.27. The lowest BCUT2D eigenvalue weighted by atomic mass is 10.2. The molecule has 5 rings (SSSR count). The molecule has 1 N–H and O–H groups in total. The van der Waals surface area contributed by atoms with Crippen molar-refractivity contribution in [3.8, 4) is 22.8 Å². The molecule has 0 bridgehead atoms. The van der Waals surface area contributed by atoms with Crippen LogP contribution in [0.3, 0.4) is 0 Å². The first-order chi connectivity index (χ1) is 12.8. The fourth-order valence-corrected chi connectivity index (χ4v) is 3.12. The van der Waals surface area contributed by atoms with Gasteiger partial charge in [0.1, 0.15) is 17.2 Å². The first kappa shape index (κ1) is 15.0. The van der Waals surface area contributed by atoms with Crippen LogP contribution >= 0.6 is 11.6 Å². The standard InChI is InChI=1S/C19H13ClN4O2/c20-13-1-4-17-23-18(12-5-7-21-8-6-12)19(24(17)10-13)22-14-2-3-15-16(9-14)26-11-25-15/h1-10,22H,11H2. The Bertz CT molecular complexity index is 1110. The zero-order valence-corrected chi connectivity index (χ0v) is 14.3. The molecule has 26 heavy (non-hydrogen) atoms. The number of rotatable bonds is 3. The molecular weight excluding hydrogens is 352 g/mol. The highest BCUT2D eigenvalue weighted by atomic mass is 35.5. The predicted octanol–water partition coefficient (Wildman–Crippen LogP) is 4.52. The molecule has 1 aliphatic rings. The second-order valence-corrected chi connectivity index (χ2v) is 6.25. The van der Waals surface area contributed by atoms with Gasteiger partial charge in [0.15, 0.2) is 11.5 Å². The molecule has 0 saturated carbocycles. The first-order valence-electron chi connectivity index (χ1n) is 8.03. The number of imidazole rings is 1. The van der Waals surface area contributed by atoms with Gasteiger partial charge in [0.25, 0.3) is 0 Å². The number of hydrogen-bond donors (Lipinski definition) is 1. The lowest BCUT2D eigenvalue weighted by Gasteiger charge is -2.10. The van der Waals surface area contributed by atoms with Crippen molar-refractivity contribution >= 4 is 28.8 Å². The lowest BCUT2D eigenvalue weighted by molar-refractivity contribution is 0.174. The SMILES string of the molecule is Clc1ccc2nc(-c3ccncc3)c(Nc3ccc4c(c3)OCO4)n2c1. The van der Waals surface area contributed by atoms with Crippen LogP contribution in [0.4, 0.5) is 11.5 Å². The minimum absolute atomic E-state index is 0.242. The Morgan fingerprint density at radius 1 is 1.00 bits per heavy atom. The maximum atomic E-state index is 6.20. The molecule has 0 fully saturated rings. The quantitative estimate of drug-likeness (QED) is 0.579. The summed E-state index contributed by atoms with van der Waals surface area (Å²) in [4.78, 5) is 8.84. The van der Waals surface area contributed by atoms with Crippen molar-refractivity contribution in [2.24, 2.45) is 0 Å². The maximum absolute atomic E-state index is 6.20. The Morgan fingerprint density at radius 3 is 2.73 bits per heavy atom. The van der Waals surface area contributed by atoms with Gasteiger partial charge in [-0.05, 0) is 36.4 Å². The number of aromatic nitrogens is 3. The Morgan fingerprint density at radius 2 is 1.85 bits per heavy atom. The molecule has 4 heterocycles. The minimum Gasteiger partial charge on any atom is -0.454 e. The molecular formula is C19H13ClN4O2. The van der Waals surface area contributed by atoms with Gasteiger partial charge in [-0.15, -0.1) is 0 Å². The van der Waals surface area contributed by atoms with Gasteiger partial charge in [0.05, 0.1) is 5.02 Å². The molecule has 7 heteroatoms. The number of hydrogen-bond acceptors (Lipinski definition) is 5. The predicted molar refractivity (Wildman–Crippen MR) is 99.3 cm³/mol. The molecule has 0 radical (unpaired) electrons. The largest absolute Gasteiger partial charge is 0.454 e. The molecule has 1 aliphatic heterocycles. The van der Waals surface area contributed by atoms with E-state index in [4.69, 9.17) is 26.1 Å². The first-order valence-corrected chi connectivity index (χ1v) is 8.40. The second kappa shape index (κ2) is 5.93. The van der Waals surface area contributed by atoms with Crippen LogP contribution in [-0.2, 0) is 0 Å². The van der Waals surface area contributed by atoms with Crippen molar-refractivity contribution in [3.63, 3.8) is 0 Å². The van der Waals surface area contributed by atoms with Crippen molar-refractivity contribution in [2.75, 3.05) is 12.1 Å². The van der Waals surface area contributed by atoms with E-state index in [1.807, 2.05) is 53.1 Å². The van der Waals surface area contributed by atoms with Gasteiger partial charge in [-0.2, -0.15) is 0 Å². The average molecular weight is 365 g/mol. The van der Waals surface area contributed by atoms with Crippen LogP contribution in [0.15, 0.2) is 61.1 Å². The van der Waals surface area contributed by atoms with E-state index in [-0.39, 0.29) is 6.79 Å². The van der Waals surface area contributed by atoms with E-state index >= 15 is 0 Å². The molecule has 6 nitrogen and oxygen atoms in total. The molecule has 0 unspecified atom stereocenters. The zero-order chi connectivity index (χ0) is 17.5. The maximum Gasteiger partial charge on any atom is 0.231 e. The lowest BCUT2D eigenvalue weighted by Crippen LogP contribution is -1.97. The van der Waals surface area contributed by atoms with Crippen molar-refractivity contribution in [1.29, 1.82) is 0 Å². The van der Waals surface area contributed by atoms with Gasteiger partial charge >= 0.3 is 0 Å². The molecule has 0 spiro atoms. The number of nitrogens with one attached hydrogen (secondary N) is 1. The van der Waals surface area contributed by atoms with Crippen LogP contribution in [0.25, 0.3) is 16.9 Å². The molecule has 0 saturated heterocycles. The third kappa shape index (κ3) is 2.51. The van der Waals surface area contributed by atoms with Crippen molar-refractivity contribution in [2.45, 2.75) is 0 Å². The van der Waals surface area contributed by atoms with E-state index in [0.717, 1.165) is 34.2 Å². The molecule has 3 aromatic heterocycles. The van der Waals surface area contributed by atoms with Crippen molar-refractivity contribution in [3.05, 3.63) is 66.1 Å². The summed E-state index contributed by atoms with van der Waals surface area (Å²) in [5, 5.41) is 4.07. The Labute approximate surface area is 154 Å². The third-order valence-corrected chi connectivity index (χ3v) is 4.40. The van der Waals surface area contributed by atoms with E-state index < -0.39 is 0 Å². The third-order valence-electron chi connectivity index (χ3n) is 4.17. The monoisotopic (exact) mass is 364 g/mol. The van der Waals surface area contributed by atoms with Gasteiger partial charge in [0.2, 0.25) is 6.79 Å². The van der Waals surface area contributed by atoms with Gasteiger partial charge < -0.3 is 14.8 Å². The number of nitrogens with zero attached hydrogens (tertiary/aromatic N) is 3. The summed E-state index contributed by atoms with van der Waals surface area (Å²) in [5.74, 6) is 2.27. The van der Waals surface area contributed by atoms with Crippen LogP contribution in [-0.4, -0.2) is 21.2 Å². The molecule has 0 aliphatic carbocycles. The number of halogens is 1. The summed E-state index contributed by atoms with van der Waals surface area (Å²) in [5.41, 5.74) is 3.44. The second-order valence-electron chi connectivity index (χ2n) is 5.81. The van der Waals surface area contributed by atoms with Crippen LogP contribution in [0.1, 0.15) is 0 Å². The number of ether oxygens (including phenoxy) is 2. The topological polar surface area (TPSA) is 60.7 Å². The van der Waals surface area contributed by atoms with Crippen LogP contribution in [0.5, 0.6) is 11.5 Å². The summed E-state index contributed by atoms with van der Waals surface area (Å²) >= 11 is 6.20. The molecule has 1 aromatic carbocycles. The highest BCUT2D eigenvalue weighted by molar-refractivity contribution is 6.30. The van der Waals surface area contributed by atoms with Crippen LogP contribution in [0.2, 0.25) is 5.02 Å². The van der Waals surface area contributed by atoms with Gasteiger partial charge in [-0.1, -0.05) is 11.6 Å². The summed E-state index contributed by atoms with van der Waals surface area (Å²) in [6.45, 7) is 0.242. The number of pyridine rings is 2. The smallest absolute Gasteiger partial charge is 0.231 e. The van der Waals surface area contributed by atoms with E-state index in [0.29, 0.717) is 10.8 Å². The highest BCUT2D eigenvalue weighted by Gasteiger charge is 2.17. The normalized spacial score (nSPS) is 12.5. The van der Waals surface area contributed by atoms with Gasteiger partial charge in [-0.25, -0.2) is 4.98 Å². The van der Waals surface area contributed by atoms with Crippen molar-refractivity contribution < 1.29 is 9.47 Å². The van der Waals surface area contributed by atoms with Crippen molar-refractivity contribution in [1.82, 2.24) is 14.4 Å². The Kier molecular flexibility index (Phi) is 3.43. The van der Waals surface area contributed by atoms with Gasteiger partial charge in [0, 0.05) is 35.9 Å². The van der Waals surface area contributed by atoms with Gasteiger partial charge in [-0.3, -0.25) is 9.38 Å². The van der Waals surface area contributed by atoms with E-state index in [2.05, 4.69) is 10.3 Å². The minimum atomic E-state index is 0.242. The van der Waals surface area contributed by atoms with E-state index in [1.165, 1.54) is 0 Å². The highest BCUT2D eigenvalue weighted by Crippen LogP contribution is 2.37. The summed E-state index contributed by atoms with van der Waals surface area (Å²) in [6.07, 6.45) is 5.33. The van der Waals surface area contributed by atoms with E-state index in [9.17, 15) is 0 Å². The summed E-state index contributed by atoms with van der Waals surface area (Å²) in [6, 6.07) is 13.3. The number of anilines is 2. The Hall–Kier alpha value is -3.25. The zero-order valence-electron chi connectivity index (χ0n) is 13.5. The van der Waals surface area contributed by atoms with E-state index in [1.54, 1.807) is 12.4 Å². The molecule has 128 valence electrons. The van der Waals surface area contributed by atoms with Crippen LogP contribution in [0, 0.1) is 0 Å². The fourth-order valence-electron chi connectivity index (χ4n) is 2.96. The Balaban J connectivity index is 1.66. The van der Waals surface area contributed by atoms with Crippen LogP contribution < -0.4 is 14.8 Å². The number of fused-ring (bicyclic) bond motifs is 2. The molecule has 0 amide bonds. The molecule has 0 atom stereocenters.